The highest BCUT2D eigenvalue weighted by molar-refractivity contribution is 5.77. The SMILES string of the molecule is C=CCNCC(=O)NCC1COCCO1. The lowest BCUT2D eigenvalue weighted by molar-refractivity contribution is -0.123. The van der Waals surface area contributed by atoms with E-state index in [9.17, 15) is 4.79 Å². The summed E-state index contributed by atoms with van der Waals surface area (Å²) in [6.07, 6.45) is 1.70. The van der Waals surface area contributed by atoms with E-state index in [0.717, 1.165) is 0 Å². The van der Waals surface area contributed by atoms with Crippen LogP contribution >= 0.6 is 0 Å². The highest BCUT2D eigenvalue weighted by Gasteiger charge is 2.14. The molecule has 1 aliphatic heterocycles. The van der Waals surface area contributed by atoms with Gasteiger partial charge >= 0.3 is 0 Å². The van der Waals surface area contributed by atoms with Crippen molar-refractivity contribution < 1.29 is 14.3 Å². The van der Waals surface area contributed by atoms with Gasteiger partial charge in [-0.1, -0.05) is 6.08 Å². The Hall–Kier alpha value is -0.910. The first-order valence-electron chi connectivity index (χ1n) is 5.10. The molecule has 5 nitrogen and oxygen atoms in total. The molecule has 1 fully saturated rings. The summed E-state index contributed by atoms with van der Waals surface area (Å²) in [6, 6.07) is 0. The summed E-state index contributed by atoms with van der Waals surface area (Å²) in [4.78, 5) is 11.3. The first-order valence-corrected chi connectivity index (χ1v) is 5.10. The second-order valence-electron chi connectivity index (χ2n) is 3.29. The Morgan fingerprint density at radius 1 is 1.53 bits per heavy atom. The van der Waals surface area contributed by atoms with Crippen LogP contribution in [0.1, 0.15) is 0 Å². The smallest absolute Gasteiger partial charge is 0.234 e. The molecule has 1 atom stereocenters. The lowest BCUT2D eigenvalue weighted by Crippen LogP contribution is -2.42. The molecule has 0 radical (unpaired) electrons. The zero-order valence-corrected chi connectivity index (χ0v) is 8.83. The predicted molar refractivity (Wildman–Crippen MR) is 56.6 cm³/mol. The van der Waals surface area contributed by atoms with Crippen molar-refractivity contribution in [3.63, 3.8) is 0 Å². The number of hydrogen-bond acceptors (Lipinski definition) is 4. The second kappa shape index (κ2) is 7.39. The number of carbonyl (C=O) groups excluding carboxylic acids is 1. The van der Waals surface area contributed by atoms with Crippen LogP contribution in [-0.4, -0.2) is 51.5 Å². The fourth-order valence-corrected chi connectivity index (χ4v) is 1.23. The summed E-state index contributed by atoms with van der Waals surface area (Å²) >= 11 is 0. The fourth-order valence-electron chi connectivity index (χ4n) is 1.23. The summed E-state index contributed by atoms with van der Waals surface area (Å²) in [5.74, 6) is -0.0361. The second-order valence-corrected chi connectivity index (χ2v) is 3.29. The molecule has 0 saturated carbocycles. The van der Waals surface area contributed by atoms with Crippen LogP contribution in [0.4, 0.5) is 0 Å². The van der Waals surface area contributed by atoms with E-state index in [1.54, 1.807) is 6.08 Å². The maximum Gasteiger partial charge on any atom is 0.234 e. The van der Waals surface area contributed by atoms with Gasteiger partial charge < -0.3 is 20.1 Å². The Morgan fingerprint density at radius 3 is 3.07 bits per heavy atom. The van der Waals surface area contributed by atoms with Gasteiger partial charge in [0.05, 0.1) is 32.5 Å². The van der Waals surface area contributed by atoms with Crippen molar-refractivity contribution in [1.82, 2.24) is 10.6 Å². The molecule has 5 heteroatoms. The van der Waals surface area contributed by atoms with Gasteiger partial charge in [-0.15, -0.1) is 6.58 Å². The fraction of sp³-hybridized carbons (Fsp3) is 0.700. The van der Waals surface area contributed by atoms with Crippen LogP contribution in [-0.2, 0) is 14.3 Å². The quantitative estimate of drug-likeness (QED) is 0.453. The van der Waals surface area contributed by atoms with E-state index >= 15 is 0 Å². The van der Waals surface area contributed by atoms with E-state index in [-0.39, 0.29) is 12.0 Å². The third kappa shape index (κ3) is 5.51. The minimum absolute atomic E-state index is 0.0119. The molecule has 1 heterocycles. The van der Waals surface area contributed by atoms with Gasteiger partial charge in [0.15, 0.2) is 0 Å². The van der Waals surface area contributed by atoms with Crippen molar-refractivity contribution in [3.8, 4) is 0 Å². The largest absolute Gasteiger partial charge is 0.376 e. The Labute approximate surface area is 89.8 Å². The van der Waals surface area contributed by atoms with E-state index in [4.69, 9.17) is 9.47 Å². The minimum Gasteiger partial charge on any atom is -0.376 e. The number of nitrogens with one attached hydrogen (secondary N) is 2. The number of amides is 1. The molecule has 1 unspecified atom stereocenters. The van der Waals surface area contributed by atoms with Crippen LogP contribution in [0.3, 0.4) is 0 Å². The highest BCUT2D eigenvalue weighted by atomic mass is 16.6. The van der Waals surface area contributed by atoms with Crippen LogP contribution in [0.15, 0.2) is 12.7 Å². The normalized spacial score (nSPS) is 20.9. The lowest BCUT2D eigenvalue weighted by atomic mass is 10.3. The van der Waals surface area contributed by atoms with Gasteiger partial charge in [-0.05, 0) is 0 Å². The zero-order chi connectivity index (χ0) is 10.9. The molecular weight excluding hydrogens is 196 g/mol. The summed E-state index contributed by atoms with van der Waals surface area (Å²) in [6.45, 7) is 6.80. The summed E-state index contributed by atoms with van der Waals surface area (Å²) in [5.41, 5.74) is 0. The molecule has 0 aromatic carbocycles. The zero-order valence-electron chi connectivity index (χ0n) is 8.83. The van der Waals surface area contributed by atoms with E-state index in [2.05, 4.69) is 17.2 Å². The van der Waals surface area contributed by atoms with Crippen molar-refractivity contribution in [2.75, 3.05) is 39.5 Å². The molecule has 1 amide bonds. The Kier molecular flexibility index (Phi) is 5.99. The molecular formula is C10H18N2O3. The van der Waals surface area contributed by atoms with Crippen molar-refractivity contribution >= 4 is 5.91 Å². The Bertz CT molecular complexity index is 203. The topological polar surface area (TPSA) is 59.6 Å². The Balaban J connectivity index is 2.02. The van der Waals surface area contributed by atoms with Gasteiger partial charge in [0.2, 0.25) is 5.91 Å². The standard InChI is InChI=1S/C10H18N2O3/c1-2-3-11-7-10(13)12-6-9-8-14-4-5-15-9/h2,9,11H,1,3-8H2,(H,12,13). The van der Waals surface area contributed by atoms with Gasteiger partial charge in [-0.3, -0.25) is 4.79 Å². The third-order valence-corrected chi connectivity index (χ3v) is 1.99. The van der Waals surface area contributed by atoms with Crippen molar-refractivity contribution in [2.24, 2.45) is 0 Å². The summed E-state index contributed by atoms with van der Waals surface area (Å²) in [5, 5.41) is 5.69. The number of rotatable bonds is 6. The molecule has 0 aromatic rings. The van der Waals surface area contributed by atoms with Gasteiger partial charge in [-0.2, -0.15) is 0 Å². The van der Waals surface area contributed by atoms with Gasteiger partial charge in [0.1, 0.15) is 0 Å². The van der Waals surface area contributed by atoms with Gasteiger partial charge in [0.25, 0.3) is 0 Å². The molecule has 0 spiro atoms. The molecule has 0 bridgehead atoms. The number of carbonyl (C=O) groups is 1. The Morgan fingerprint density at radius 2 is 2.40 bits per heavy atom. The highest BCUT2D eigenvalue weighted by Crippen LogP contribution is 1.98. The van der Waals surface area contributed by atoms with E-state index in [1.807, 2.05) is 0 Å². The van der Waals surface area contributed by atoms with Crippen LogP contribution < -0.4 is 10.6 Å². The third-order valence-electron chi connectivity index (χ3n) is 1.99. The predicted octanol–water partition coefficient (Wildman–Crippen LogP) is -0.706. The molecule has 1 aliphatic rings. The first kappa shape index (κ1) is 12.2. The molecule has 86 valence electrons. The summed E-state index contributed by atoms with van der Waals surface area (Å²) in [7, 11) is 0. The maximum absolute atomic E-state index is 11.3. The van der Waals surface area contributed by atoms with Crippen molar-refractivity contribution in [2.45, 2.75) is 6.10 Å². The van der Waals surface area contributed by atoms with E-state index in [1.165, 1.54) is 0 Å². The van der Waals surface area contributed by atoms with Crippen LogP contribution in [0.2, 0.25) is 0 Å². The molecule has 0 aromatic heterocycles. The van der Waals surface area contributed by atoms with E-state index < -0.39 is 0 Å². The van der Waals surface area contributed by atoms with Gasteiger partial charge in [0, 0.05) is 13.1 Å². The lowest BCUT2D eigenvalue weighted by Gasteiger charge is -2.23. The minimum atomic E-state index is -0.0361. The summed E-state index contributed by atoms with van der Waals surface area (Å²) < 4.78 is 10.6. The molecule has 0 aliphatic carbocycles. The van der Waals surface area contributed by atoms with Crippen LogP contribution in [0.5, 0.6) is 0 Å². The number of hydrogen-bond donors (Lipinski definition) is 2. The molecule has 1 saturated heterocycles. The monoisotopic (exact) mass is 214 g/mol. The molecule has 2 N–H and O–H groups in total. The average molecular weight is 214 g/mol. The van der Waals surface area contributed by atoms with Crippen molar-refractivity contribution in [1.29, 1.82) is 0 Å². The van der Waals surface area contributed by atoms with E-state index in [0.29, 0.717) is 39.5 Å². The number of ether oxygens (including phenoxy) is 2. The van der Waals surface area contributed by atoms with Crippen LogP contribution in [0, 0.1) is 0 Å². The van der Waals surface area contributed by atoms with Crippen molar-refractivity contribution in [3.05, 3.63) is 12.7 Å². The average Bonchev–Trinajstić information content (AvgIpc) is 2.28. The van der Waals surface area contributed by atoms with Crippen LogP contribution in [0.25, 0.3) is 0 Å². The maximum atomic E-state index is 11.3. The first-order chi connectivity index (χ1) is 7.33. The molecule has 1 rings (SSSR count). The molecule has 15 heavy (non-hydrogen) atoms. The van der Waals surface area contributed by atoms with Gasteiger partial charge in [-0.25, -0.2) is 0 Å².